The number of methoxy groups -OCH3 is 1. The maximum atomic E-state index is 12.4. The van der Waals surface area contributed by atoms with Crippen LogP contribution in [0.4, 0.5) is 0 Å². The second-order valence-electron chi connectivity index (χ2n) is 5.10. The van der Waals surface area contributed by atoms with Gasteiger partial charge in [0.05, 0.1) is 7.11 Å². The number of nitrogens with one attached hydrogen (secondary N) is 1. The van der Waals surface area contributed by atoms with Crippen LogP contribution in [0.5, 0.6) is 0 Å². The highest BCUT2D eigenvalue weighted by Crippen LogP contribution is 2.17. The minimum atomic E-state index is -0.628. The summed E-state index contributed by atoms with van der Waals surface area (Å²) >= 11 is 3.38. The summed E-state index contributed by atoms with van der Waals surface area (Å²) in [5, 5.41) is 2.79. The number of nitrogens with zero attached hydrogens (tertiary/aromatic N) is 1. The molecule has 1 aromatic rings. The molecule has 0 aliphatic heterocycles. The van der Waals surface area contributed by atoms with E-state index < -0.39 is 12.0 Å². The lowest BCUT2D eigenvalue weighted by Gasteiger charge is -2.22. The van der Waals surface area contributed by atoms with Gasteiger partial charge in [0.1, 0.15) is 11.7 Å². The number of carbonyl (C=O) groups excluding carboxylic acids is 2. The molecule has 0 saturated carbocycles. The molecule has 0 aromatic carbocycles. The molecule has 0 bridgehead atoms. The number of hydrogen-bond acceptors (Lipinski definition) is 3. The third kappa shape index (κ3) is 4.59. The molecular formula is C15H23BrN2O3. The molecule has 1 aromatic heterocycles. The van der Waals surface area contributed by atoms with Crippen LogP contribution in [0.25, 0.3) is 0 Å². The lowest BCUT2D eigenvalue weighted by Crippen LogP contribution is -2.46. The minimum Gasteiger partial charge on any atom is -0.467 e. The number of carbonyl (C=O) groups is 2. The normalized spacial score (nSPS) is 13.6. The molecule has 1 N–H and O–H groups in total. The summed E-state index contributed by atoms with van der Waals surface area (Å²) in [5.74, 6) is -0.658. The molecule has 118 valence electrons. The van der Waals surface area contributed by atoms with Gasteiger partial charge in [0.2, 0.25) is 0 Å². The minimum absolute atomic E-state index is 0.0134. The van der Waals surface area contributed by atoms with E-state index in [-0.39, 0.29) is 11.8 Å². The first kappa shape index (κ1) is 17.8. The number of esters is 1. The Balaban J connectivity index is 2.94. The van der Waals surface area contributed by atoms with E-state index in [1.807, 2.05) is 31.5 Å². The smallest absolute Gasteiger partial charge is 0.328 e. The highest BCUT2D eigenvalue weighted by molar-refractivity contribution is 9.10. The first-order valence-electron chi connectivity index (χ1n) is 7.18. The molecule has 5 nitrogen and oxygen atoms in total. The summed E-state index contributed by atoms with van der Waals surface area (Å²) in [6, 6.07) is 1.13. The number of halogens is 1. The zero-order valence-corrected chi connectivity index (χ0v) is 14.6. The predicted octanol–water partition coefficient (Wildman–Crippen LogP) is 2.98. The Labute approximate surface area is 134 Å². The summed E-state index contributed by atoms with van der Waals surface area (Å²) in [6.45, 7) is 6.69. The van der Waals surface area contributed by atoms with Crippen LogP contribution >= 0.6 is 15.9 Å². The lowest BCUT2D eigenvalue weighted by molar-refractivity contribution is -0.144. The summed E-state index contributed by atoms with van der Waals surface area (Å²) in [7, 11) is 1.33. The van der Waals surface area contributed by atoms with Crippen molar-refractivity contribution in [3.63, 3.8) is 0 Å². The van der Waals surface area contributed by atoms with Gasteiger partial charge >= 0.3 is 5.97 Å². The molecular weight excluding hydrogens is 336 g/mol. The topological polar surface area (TPSA) is 60.3 Å². The van der Waals surface area contributed by atoms with Gasteiger partial charge in [0, 0.05) is 17.2 Å². The number of ether oxygens (including phenoxy) is 1. The van der Waals surface area contributed by atoms with Gasteiger partial charge in [0.25, 0.3) is 5.91 Å². The number of aryl methyl sites for hydroxylation is 1. The van der Waals surface area contributed by atoms with Crippen LogP contribution in [0.15, 0.2) is 16.7 Å². The molecule has 0 aliphatic rings. The van der Waals surface area contributed by atoms with Gasteiger partial charge in [-0.1, -0.05) is 27.2 Å². The highest BCUT2D eigenvalue weighted by Gasteiger charge is 2.28. The van der Waals surface area contributed by atoms with E-state index in [4.69, 9.17) is 4.74 Å². The van der Waals surface area contributed by atoms with E-state index in [9.17, 15) is 9.59 Å². The largest absolute Gasteiger partial charge is 0.467 e. The van der Waals surface area contributed by atoms with E-state index in [1.54, 1.807) is 6.07 Å². The Kier molecular flexibility index (Phi) is 6.95. The third-order valence-corrected chi connectivity index (χ3v) is 3.95. The fraction of sp³-hybridized carbons (Fsp3) is 0.600. The van der Waals surface area contributed by atoms with Crippen molar-refractivity contribution in [2.45, 2.75) is 46.2 Å². The molecule has 0 saturated heterocycles. The van der Waals surface area contributed by atoms with Gasteiger partial charge in [-0.15, -0.1) is 0 Å². The Hall–Kier alpha value is -1.30. The van der Waals surface area contributed by atoms with Crippen LogP contribution in [-0.2, 0) is 16.1 Å². The molecule has 1 rings (SSSR count). The molecule has 0 aliphatic carbocycles. The zero-order chi connectivity index (χ0) is 16.0. The molecule has 1 amide bonds. The van der Waals surface area contributed by atoms with Crippen LogP contribution in [0, 0.1) is 5.92 Å². The Morgan fingerprint density at radius 1 is 1.43 bits per heavy atom. The molecule has 6 heteroatoms. The van der Waals surface area contributed by atoms with E-state index >= 15 is 0 Å². The van der Waals surface area contributed by atoms with Crippen molar-refractivity contribution in [2.24, 2.45) is 5.92 Å². The summed E-state index contributed by atoms with van der Waals surface area (Å²) < 4.78 is 7.51. The van der Waals surface area contributed by atoms with Crippen molar-refractivity contribution in [1.29, 1.82) is 0 Å². The summed E-state index contributed by atoms with van der Waals surface area (Å²) in [5.41, 5.74) is 0.543. The number of hydrogen-bond donors (Lipinski definition) is 1. The number of amides is 1. The van der Waals surface area contributed by atoms with Gasteiger partial charge < -0.3 is 14.6 Å². The molecule has 2 atom stereocenters. The summed E-state index contributed by atoms with van der Waals surface area (Å²) in [4.78, 5) is 24.3. The Morgan fingerprint density at radius 3 is 2.62 bits per heavy atom. The first-order valence-corrected chi connectivity index (χ1v) is 7.98. The van der Waals surface area contributed by atoms with Crippen molar-refractivity contribution >= 4 is 27.8 Å². The molecule has 21 heavy (non-hydrogen) atoms. The number of aromatic nitrogens is 1. The second kappa shape index (κ2) is 8.22. The SMILES string of the molecule is CCCn1cc(Br)cc1C(=O)NC(C(=O)OC)C(C)CC. The van der Waals surface area contributed by atoms with E-state index in [2.05, 4.69) is 21.2 Å². The molecule has 1 heterocycles. The monoisotopic (exact) mass is 358 g/mol. The maximum absolute atomic E-state index is 12.4. The lowest BCUT2D eigenvalue weighted by atomic mass is 9.99. The Bertz CT molecular complexity index is 499. The van der Waals surface area contributed by atoms with Crippen molar-refractivity contribution in [2.75, 3.05) is 7.11 Å². The molecule has 0 fully saturated rings. The fourth-order valence-corrected chi connectivity index (χ4v) is 2.57. The van der Waals surface area contributed by atoms with Crippen LogP contribution in [0.3, 0.4) is 0 Å². The van der Waals surface area contributed by atoms with Crippen LogP contribution in [0.1, 0.15) is 44.1 Å². The molecule has 0 spiro atoms. The van der Waals surface area contributed by atoms with Gasteiger partial charge in [-0.25, -0.2) is 4.79 Å². The van der Waals surface area contributed by atoms with E-state index in [1.165, 1.54) is 7.11 Å². The Morgan fingerprint density at radius 2 is 2.10 bits per heavy atom. The van der Waals surface area contributed by atoms with Crippen molar-refractivity contribution in [3.8, 4) is 0 Å². The predicted molar refractivity (Wildman–Crippen MR) is 85.1 cm³/mol. The zero-order valence-electron chi connectivity index (χ0n) is 13.0. The average Bonchev–Trinajstić information content (AvgIpc) is 2.84. The first-order chi connectivity index (χ1) is 9.94. The average molecular weight is 359 g/mol. The standard InChI is InChI=1S/C15H23BrN2O3/c1-5-7-18-9-11(16)8-12(18)14(19)17-13(10(3)6-2)15(20)21-4/h8-10,13H,5-7H2,1-4H3,(H,17,19). The second-order valence-corrected chi connectivity index (χ2v) is 6.01. The third-order valence-electron chi connectivity index (χ3n) is 3.52. The van der Waals surface area contributed by atoms with Crippen molar-refractivity contribution in [1.82, 2.24) is 9.88 Å². The molecule has 2 unspecified atom stereocenters. The van der Waals surface area contributed by atoms with E-state index in [0.29, 0.717) is 5.69 Å². The van der Waals surface area contributed by atoms with Crippen LogP contribution in [-0.4, -0.2) is 29.6 Å². The van der Waals surface area contributed by atoms with Crippen LogP contribution < -0.4 is 5.32 Å². The van der Waals surface area contributed by atoms with Crippen molar-refractivity contribution in [3.05, 3.63) is 22.4 Å². The highest BCUT2D eigenvalue weighted by atomic mass is 79.9. The summed E-state index contributed by atoms with van der Waals surface area (Å²) in [6.07, 6.45) is 3.57. The quantitative estimate of drug-likeness (QED) is 0.762. The fourth-order valence-electron chi connectivity index (χ4n) is 2.10. The van der Waals surface area contributed by atoms with Crippen LogP contribution in [0.2, 0.25) is 0 Å². The number of rotatable bonds is 7. The van der Waals surface area contributed by atoms with Crippen molar-refractivity contribution < 1.29 is 14.3 Å². The van der Waals surface area contributed by atoms with Gasteiger partial charge in [-0.05, 0) is 34.3 Å². The maximum Gasteiger partial charge on any atom is 0.328 e. The van der Waals surface area contributed by atoms with Gasteiger partial charge in [-0.3, -0.25) is 4.79 Å². The van der Waals surface area contributed by atoms with Gasteiger partial charge in [0.15, 0.2) is 0 Å². The molecule has 0 radical (unpaired) electrons. The van der Waals surface area contributed by atoms with E-state index in [0.717, 1.165) is 23.9 Å². The van der Waals surface area contributed by atoms with Gasteiger partial charge in [-0.2, -0.15) is 0 Å².